The predicted molar refractivity (Wildman–Crippen MR) is 142 cm³/mol. The summed E-state index contributed by atoms with van der Waals surface area (Å²) in [6, 6.07) is 1.21. The zero-order valence-electron chi connectivity index (χ0n) is 23.2. The Bertz CT molecular complexity index is 1190. The van der Waals surface area contributed by atoms with Crippen LogP contribution in [0.5, 0.6) is 0 Å². The van der Waals surface area contributed by atoms with Crippen LogP contribution >= 0.6 is 0 Å². The van der Waals surface area contributed by atoms with Crippen molar-refractivity contribution in [1.82, 2.24) is 10.6 Å². The summed E-state index contributed by atoms with van der Waals surface area (Å²) in [4.78, 5) is 25.2. The number of aryl methyl sites for hydroxylation is 1. The van der Waals surface area contributed by atoms with Crippen LogP contribution in [-0.4, -0.2) is 32.0 Å². The Morgan fingerprint density at radius 2 is 1.75 bits per heavy atom. The second-order valence-electron chi connectivity index (χ2n) is 11.2. The maximum atomic E-state index is 15.0. The van der Waals surface area contributed by atoms with Gasteiger partial charge in [0.1, 0.15) is 5.82 Å². The second kappa shape index (κ2) is 10.2. The fourth-order valence-electron chi connectivity index (χ4n) is 5.23. The maximum absolute atomic E-state index is 15.0. The van der Waals surface area contributed by atoms with Gasteiger partial charge in [-0.2, -0.15) is 0 Å². The number of halogens is 1. The minimum absolute atomic E-state index is 0.0126. The maximum Gasteiger partial charge on any atom is 0.254 e. The van der Waals surface area contributed by atoms with Gasteiger partial charge in [-0.05, 0) is 55.9 Å². The lowest BCUT2D eigenvalue weighted by Crippen LogP contribution is -2.47. The smallest absolute Gasteiger partial charge is 0.254 e. The lowest BCUT2D eigenvalue weighted by molar-refractivity contribution is -0.117. The summed E-state index contributed by atoms with van der Waals surface area (Å²) in [7, 11) is 3.25. The molecule has 0 aromatic heterocycles. The molecule has 4 rings (SSSR count). The van der Waals surface area contributed by atoms with Crippen LogP contribution in [0, 0.1) is 24.1 Å². The number of carbonyl (C=O) groups excluding carboxylic acids is 2. The Kier molecular flexibility index (Phi) is 7.84. The van der Waals surface area contributed by atoms with Crippen molar-refractivity contribution in [2.24, 2.45) is 11.3 Å². The Morgan fingerprint density at radius 1 is 1.14 bits per heavy atom. The molecule has 196 valence electrons. The monoisotopic (exact) mass is 497 g/mol. The lowest BCUT2D eigenvalue weighted by atomic mass is 9.77. The number of Topliss-reactive ketones (excluding diaryl/α,β-unsaturated/α-hetero) is 1. The van der Waals surface area contributed by atoms with Crippen molar-refractivity contribution in [2.75, 3.05) is 19.5 Å². The molecule has 3 aliphatic rings. The molecule has 1 aromatic rings. The molecule has 3 N–H and O–H groups in total. The molecule has 3 atom stereocenters. The number of ketones is 1. The molecule has 0 saturated heterocycles. The van der Waals surface area contributed by atoms with E-state index in [0.29, 0.717) is 17.0 Å². The van der Waals surface area contributed by atoms with Crippen LogP contribution in [0.25, 0.3) is 0 Å². The molecule has 1 amide bonds. The van der Waals surface area contributed by atoms with Gasteiger partial charge in [0.05, 0.1) is 41.1 Å². The highest BCUT2D eigenvalue weighted by atomic mass is 19.1. The normalized spacial score (nSPS) is 21.9. The van der Waals surface area contributed by atoms with Crippen LogP contribution in [0.4, 0.5) is 10.1 Å². The summed E-state index contributed by atoms with van der Waals surface area (Å²) in [5.74, 6) is -0.507. The van der Waals surface area contributed by atoms with E-state index in [4.69, 9.17) is 0 Å². The lowest BCUT2D eigenvalue weighted by Gasteiger charge is -2.38. The van der Waals surface area contributed by atoms with Gasteiger partial charge in [0, 0.05) is 20.1 Å². The van der Waals surface area contributed by atoms with E-state index in [1.165, 1.54) is 22.8 Å². The molecule has 6 nitrogen and oxygen atoms in total. The largest absolute Gasteiger partial charge is 0.388 e. The van der Waals surface area contributed by atoms with Crippen molar-refractivity contribution in [2.45, 2.75) is 73.9 Å². The van der Waals surface area contributed by atoms with Gasteiger partial charge in [-0.15, -0.1) is 0 Å². The van der Waals surface area contributed by atoms with Gasteiger partial charge in [-0.3, -0.25) is 9.59 Å². The quantitative estimate of drug-likeness (QED) is 0.485. The minimum Gasteiger partial charge on any atom is -0.388 e. The van der Waals surface area contributed by atoms with E-state index in [-0.39, 0.29) is 47.2 Å². The predicted octanol–water partition coefficient (Wildman–Crippen LogP) is 5.71. The van der Waals surface area contributed by atoms with E-state index >= 15 is 4.39 Å². The van der Waals surface area contributed by atoms with Crippen molar-refractivity contribution in [3.05, 3.63) is 62.8 Å². The Labute approximate surface area is 214 Å². The number of fused-ring (bicyclic) bond motifs is 1. The van der Waals surface area contributed by atoms with Gasteiger partial charge in [0.2, 0.25) is 0 Å². The zero-order valence-corrected chi connectivity index (χ0v) is 23.2. The first-order chi connectivity index (χ1) is 16.7. The molecule has 1 aromatic carbocycles. The van der Waals surface area contributed by atoms with Crippen molar-refractivity contribution in [3.63, 3.8) is 0 Å². The SMILES string of the molecule is CC1=C(C)C(C)C([C@H](NC2=C(Nc3c(F)cc(C)c4c3C(=O)N[C@H]4C)CC2=O)C(C)(C)C)=C1.COC. The molecule has 0 fully saturated rings. The molecular formula is C29H40FN3O3. The highest BCUT2D eigenvalue weighted by Crippen LogP contribution is 2.41. The zero-order chi connectivity index (χ0) is 27.1. The van der Waals surface area contributed by atoms with Crippen LogP contribution in [0.1, 0.15) is 82.4 Å². The molecule has 2 aliphatic carbocycles. The highest BCUT2D eigenvalue weighted by molar-refractivity contribution is 6.08. The molecule has 0 spiro atoms. The van der Waals surface area contributed by atoms with Gasteiger partial charge in [-0.25, -0.2) is 4.39 Å². The Morgan fingerprint density at radius 3 is 2.25 bits per heavy atom. The first-order valence-corrected chi connectivity index (χ1v) is 12.5. The van der Waals surface area contributed by atoms with E-state index in [1.807, 2.05) is 13.8 Å². The number of anilines is 1. The third-order valence-corrected chi connectivity index (χ3v) is 7.37. The van der Waals surface area contributed by atoms with Gasteiger partial charge in [0.15, 0.2) is 5.78 Å². The minimum atomic E-state index is -0.489. The standard InChI is InChI=1S/C27H34FN3O2.C2H6O/c1-12-9-17(15(4)14(12)3)25(27(6,7)8)31-24-19(11-20(24)32)30-23-18(28)10-13(2)21-16(5)29-26(33)22(21)23;1-3-2/h9-10,15-16,25,30-31H,11H2,1-8H3,(H,29,33);1-2H3/t15?,16-,25-;/m0./s1. The summed E-state index contributed by atoms with van der Waals surface area (Å²) in [6.07, 6.45) is 2.40. The van der Waals surface area contributed by atoms with Gasteiger partial charge >= 0.3 is 0 Å². The summed E-state index contributed by atoms with van der Waals surface area (Å²) in [6.45, 7) is 16.6. The van der Waals surface area contributed by atoms with E-state index in [1.54, 1.807) is 14.2 Å². The van der Waals surface area contributed by atoms with Crippen LogP contribution in [-0.2, 0) is 9.53 Å². The summed E-state index contributed by atoms with van der Waals surface area (Å²) in [5, 5.41) is 9.47. The molecular weight excluding hydrogens is 457 g/mol. The molecule has 1 aliphatic heterocycles. The van der Waals surface area contributed by atoms with Crippen molar-refractivity contribution >= 4 is 17.4 Å². The van der Waals surface area contributed by atoms with Crippen LogP contribution in [0.3, 0.4) is 0 Å². The van der Waals surface area contributed by atoms with E-state index in [2.05, 4.69) is 68.3 Å². The summed E-state index contributed by atoms with van der Waals surface area (Å²) < 4.78 is 19.3. The topological polar surface area (TPSA) is 79.5 Å². The Hall–Kier alpha value is -2.93. The first kappa shape index (κ1) is 27.7. The second-order valence-corrected chi connectivity index (χ2v) is 11.2. The molecule has 36 heavy (non-hydrogen) atoms. The number of rotatable bonds is 5. The molecule has 1 heterocycles. The van der Waals surface area contributed by atoms with Crippen molar-refractivity contribution < 1.29 is 18.7 Å². The van der Waals surface area contributed by atoms with E-state index in [9.17, 15) is 9.59 Å². The molecule has 7 heteroatoms. The number of hydrogen-bond acceptors (Lipinski definition) is 5. The number of hydrogen-bond donors (Lipinski definition) is 3. The van der Waals surface area contributed by atoms with Crippen molar-refractivity contribution in [1.29, 1.82) is 0 Å². The number of benzene rings is 1. The van der Waals surface area contributed by atoms with Crippen LogP contribution in [0.15, 0.2) is 40.3 Å². The van der Waals surface area contributed by atoms with E-state index < -0.39 is 5.82 Å². The summed E-state index contributed by atoms with van der Waals surface area (Å²) in [5.41, 5.74) is 6.83. The number of nitrogens with one attached hydrogen (secondary N) is 3. The Balaban J connectivity index is 0.00000115. The summed E-state index contributed by atoms with van der Waals surface area (Å²) >= 11 is 0. The third-order valence-electron chi connectivity index (χ3n) is 7.37. The van der Waals surface area contributed by atoms with Crippen LogP contribution < -0.4 is 16.0 Å². The average Bonchev–Trinajstić information content (AvgIpc) is 3.20. The molecule has 0 bridgehead atoms. The fourth-order valence-corrected chi connectivity index (χ4v) is 5.23. The number of allylic oxidation sites excluding steroid dienone is 5. The average molecular weight is 498 g/mol. The number of ether oxygens (including phenoxy) is 1. The van der Waals surface area contributed by atoms with Gasteiger partial charge in [0.25, 0.3) is 5.91 Å². The number of amides is 1. The van der Waals surface area contributed by atoms with Gasteiger partial charge < -0.3 is 20.7 Å². The highest BCUT2D eigenvalue weighted by Gasteiger charge is 2.39. The molecule has 1 unspecified atom stereocenters. The number of methoxy groups -OCH3 is 1. The van der Waals surface area contributed by atoms with Crippen LogP contribution in [0.2, 0.25) is 0 Å². The van der Waals surface area contributed by atoms with E-state index in [0.717, 1.165) is 11.1 Å². The first-order valence-electron chi connectivity index (χ1n) is 12.5. The molecule has 0 radical (unpaired) electrons. The number of carbonyl (C=O) groups is 2. The van der Waals surface area contributed by atoms with Crippen molar-refractivity contribution in [3.8, 4) is 0 Å². The molecule has 0 saturated carbocycles. The fraction of sp³-hybridized carbons (Fsp3) is 0.517. The third kappa shape index (κ3) is 4.99. The van der Waals surface area contributed by atoms with Gasteiger partial charge in [-0.1, -0.05) is 44.9 Å².